The minimum Gasteiger partial charge on any atom is -0.502 e. The Morgan fingerprint density at radius 3 is 2.62 bits per heavy atom. The molecule has 0 aliphatic carbocycles. The number of pyridine rings is 1. The van der Waals surface area contributed by atoms with Crippen LogP contribution in [0.2, 0.25) is 5.02 Å². The molecule has 7 nitrogen and oxygen atoms in total. The van der Waals surface area contributed by atoms with Crippen LogP contribution in [0.4, 0.5) is 0 Å². The van der Waals surface area contributed by atoms with Crippen LogP contribution in [0, 0.1) is 0 Å². The van der Waals surface area contributed by atoms with E-state index >= 15 is 0 Å². The predicted octanol–water partition coefficient (Wildman–Crippen LogP) is 3.30. The number of aromatic hydroxyl groups is 1. The number of nitrogens with zero attached hydrogens (tertiary/aromatic N) is 3. The van der Waals surface area contributed by atoms with Crippen molar-refractivity contribution in [2.75, 3.05) is 24.8 Å². The molecular weight excluding hydrogens is 430 g/mol. The summed E-state index contributed by atoms with van der Waals surface area (Å²) in [5.74, 6) is -0.440. The number of hydrogen-bond acceptors (Lipinski definition) is 5. The molecule has 8 heteroatoms. The van der Waals surface area contributed by atoms with Gasteiger partial charge in [-0.05, 0) is 17.7 Å². The summed E-state index contributed by atoms with van der Waals surface area (Å²) in [6, 6.07) is 16.2. The highest BCUT2D eigenvalue weighted by atomic mass is 35.5. The summed E-state index contributed by atoms with van der Waals surface area (Å²) in [6.07, 6.45) is 5.16. The SMILES string of the molecule is O=C1c2c(O)c(=O)ccn2N2CN1C/C=C\COc1c(Cl)cccc1[C@H]2c1ccccc1. The van der Waals surface area contributed by atoms with Crippen molar-refractivity contribution in [2.45, 2.75) is 6.04 Å². The molecule has 1 atom stereocenters. The summed E-state index contributed by atoms with van der Waals surface area (Å²) in [5, 5.41) is 12.9. The van der Waals surface area contributed by atoms with Crippen LogP contribution in [0.15, 0.2) is 77.7 Å². The number of fused-ring (bicyclic) bond motifs is 5. The van der Waals surface area contributed by atoms with Crippen LogP contribution in [0.3, 0.4) is 0 Å². The number of carbonyl (C=O) groups is 1. The summed E-state index contributed by atoms with van der Waals surface area (Å²) >= 11 is 6.54. The molecule has 3 aromatic rings. The molecule has 162 valence electrons. The van der Waals surface area contributed by atoms with Crippen LogP contribution >= 0.6 is 11.6 Å². The third-order valence-corrected chi connectivity index (χ3v) is 5.96. The Labute approximate surface area is 189 Å². The molecule has 0 radical (unpaired) electrons. The van der Waals surface area contributed by atoms with E-state index in [9.17, 15) is 14.7 Å². The standard InChI is InChI=1S/C24H20ClN3O4/c25-18-10-6-9-17-20(16-7-2-1-3-8-16)28-15-26(12-4-5-14-32-23(17)18)24(31)21-22(30)19(29)11-13-27(21)28/h1-11,13,20,30H,12,14-15H2/b5-4-/t20-/m1/s1. The van der Waals surface area contributed by atoms with Gasteiger partial charge >= 0.3 is 0 Å². The topological polar surface area (TPSA) is 75.0 Å². The Hall–Kier alpha value is -3.71. The average molecular weight is 450 g/mol. The molecule has 0 saturated carbocycles. The minimum atomic E-state index is -0.603. The molecule has 32 heavy (non-hydrogen) atoms. The van der Waals surface area contributed by atoms with Gasteiger partial charge in [0.1, 0.15) is 25.1 Å². The van der Waals surface area contributed by atoms with Crippen LogP contribution in [-0.2, 0) is 0 Å². The lowest BCUT2D eigenvalue weighted by molar-refractivity contribution is 0.0701. The van der Waals surface area contributed by atoms with Crippen LogP contribution in [0.25, 0.3) is 0 Å². The van der Waals surface area contributed by atoms with E-state index in [1.165, 1.54) is 12.3 Å². The van der Waals surface area contributed by atoms with Gasteiger partial charge in [-0.15, -0.1) is 0 Å². The first-order valence-electron chi connectivity index (χ1n) is 10.2. The maximum Gasteiger partial charge on any atom is 0.278 e. The van der Waals surface area contributed by atoms with E-state index in [1.54, 1.807) is 15.6 Å². The second kappa shape index (κ2) is 8.09. The quantitative estimate of drug-likeness (QED) is 0.577. The number of hydrogen-bond donors (Lipinski definition) is 1. The van der Waals surface area contributed by atoms with Crippen molar-refractivity contribution in [1.29, 1.82) is 0 Å². The third-order valence-electron chi connectivity index (χ3n) is 5.66. The number of halogens is 1. The lowest BCUT2D eigenvalue weighted by Crippen LogP contribution is -2.55. The zero-order valence-electron chi connectivity index (χ0n) is 17.0. The summed E-state index contributed by atoms with van der Waals surface area (Å²) in [7, 11) is 0. The van der Waals surface area contributed by atoms with Gasteiger partial charge in [-0.3, -0.25) is 19.3 Å². The van der Waals surface area contributed by atoms with Gasteiger partial charge in [-0.2, -0.15) is 0 Å². The van der Waals surface area contributed by atoms with Crippen molar-refractivity contribution in [3.05, 3.63) is 105 Å². The number of amides is 1. The van der Waals surface area contributed by atoms with Crippen molar-refractivity contribution in [2.24, 2.45) is 0 Å². The van der Waals surface area contributed by atoms with Gasteiger partial charge in [0.2, 0.25) is 5.43 Å². The van der Waals surface area contributed by atoms with E-state index in [1.807, 2.05) is 59.6 Å². The number of ether oxygens (including phenoxy) is 1. The third kappa shape index (κ3) is 3.31. The molecule has 2 aromatic carbocycles. The van der Waals surface area contributed by atoms with Gasteiger partial charge in [0.25, 0.3) is 5.91 Å². The number of para-hydroxylation sites is 1. The lowest BCUT2D eigenvalue weighted by Gasteiger charge is -2.43. The largest absolute Gasteiger partial charge is 0.502 e. The van der Waals surface area contributed by atoms with Gasteiger partial charge in [0, 0.05) is 24.4 Å². The molecule has 2 aliphatic rings. The normalized spacial score (nSPS) is 18.8. The second-order valence-corrected chi connectivity index (χ2v) is 7.99. The van der Waals surface area contributed by atoms with Gasteiger partial charge < -0.3 is 14.7 Å². The molecule has 2 aliphatic heterocycles. The molecular formula is C24H20ClN3O4. The Kier molecular flexibility index (Phi) is 5.11. The summed E-state index contributed by atoms with van der Waals surface area (Å²) in [6.45, 7) is 0.813. The number of rotatable bonds is 1. The maximum absolute atomic E-state index is 13.2. The fourth-order valence-corrected chi connectivity index (χ4v) is 4.41. The van der Waals surface area contributed by atoms with Crippen LogP contribution in [0.1, 0.15) is 27.7 Å². The van der Waals surface area contributed by atoms with Gasteiger partial charge in [-0.25, -0.2) is 0 Å². The van der Waals surface area contributed by atoms with Crippen molar-refractivity contribution in [3.8, 4) is 11.5 Å². The Balaban J connectivity index is 1.82. The molecule has 5 rings (SSSR count). The second-order valence-electron chi connectivity index (χ2n) is 7.58. The molecule has 0 unspecified atom stereocenters. The van der Waals surface area contributed by atoms with Crippen molar-refractivity contribution < 1.29 is 14.6 Å². The van der Waals surface area contributed by atoms with Crippen molar-refractivity contribution in [1.82, 2.24) is 9.58 Å². The zero-order chi connectivity index (χ0) is 22.2. The number of carbonyl (C=O) groups excluding carboxylic acids is 1. The Morgan fingerprint density at radius 2 is 1.81 bits per heavy atom. The molecule has 0 saturated heterocycles. The van der Waals surface area contributed by atoms with E-state index in [-0.39, 0.29) is 19.0 Å². The maximum atomic E-state index is 13.2. The molecule has 2 bridgehead atoms. The Bertz CT molecular complexity index is 1270. The first-order valence-corrected chi connectivity index (χ1v) is 10.6. The highest BCUT2D eigenvalue weighted by molar-refractivity contribution is 6.32. The average Bonchev–Trinajstić information content (AvgIpc) is 2.83. The first kappa shape index (κ1) is 20.2. The zero-order valence-corrected chi connectivity index (χ0v) is 17.8. The van der Waals surface area contributed by atoms with E-state index in [4.69, 9.17) is 16.3 Å². The van der Waals surface area contributed by atoms with E-state index in [0.717, 1.165) is 11.1 Å². The van der Waals surface area contributed by atoms with Gasteiger partial charge in [0.05, 0.1) is 5.02 Å². The highest BCUT2D eigenvalue weighted by Gasteiger charge is 2.37. The molecule has 1 amide bonds. The lowest BCUT2D eigenvalue weighted by atomic mass is 9.97. The van der Waals surface area contributed by atoms with Gasteiger partial charge in [0.15, 0.2) is 11.4 Å². The molecule has 0 spiro atoms. The Morgan fingerprint density at radius 1 is 1.00 bits per heavy atom. The van der Waals surface area contributed by atoms with Crippen LogP contribution in [-0.4, -0.2) is 40.4 Å². The van der Waals surface area contributed by atoms with Crippen LogP contribution < -0.4 is 15.2 Å². The smallest absolute Gasteiger partial charge is 0.278 e. The molecule has 1 N–H and O–H groups in total. The van der Waals surface area contributed by atoms with Crippen molar-refractivity contribution in [3.63, 3.8) is 0 Å². The fourth-order valence-electron chi connectivity index (χ4n) is 4.18. The highest BCUT2D eigenvalue weighted by Crippen LogP contribution is 2.40. The number of aromatic nitrogens is 1. The fraction of sp³-hybridized carbons (Fsp3) is 0.167. The van der Waals surface area contributed by atoms with Crippen molar-refractivity contribution >= 4 is 17.5 Å². The summed E-state index contributed by atoms with van der Waals surface area (Å²) < 4.78 is 7.61. The summed E-state index contributed by atoms with van der Waals surface area (Å²) in [4.78, 5) is 26.9. The van der Waals surface area contributed by atoms with E-state index in [2.05, 4.69) is 0 Å². The first-order chi connectivity index (χ1) is 15.6. The number of benzene rings is 2. The minimum absolute atomic E-state index is 0.0678. The monoisotopic (exact) mass is 449 g/mol. The van der Waals surface area contributed by atoms with Gasteiger partial charge in [-0.1, -0.05) is 60.1 Å². The van der Waals surface area contributed by atoms with Crippen LogP contribution in [0.5, 0.6) is 11.5 Å². The predicted molar refractivity (Wildman–Crippen MR) is 121 cm³/mol. The molecule has 1 aromatic heterocycles. The van der Waals surface area contributed by atoms with E-state index in [0.29, 0.717) is 17.3 Å². The molecule has 3 heterocycles. The summed E-state index contributed by atoms with van der Waals surface area (Å²) in [5.41, 5.74) is 1.07. The molecule has 0 fully saturated rings. The van der Waals surface area contributed by atoms with E-state index < -0.39 is 23.1 Å².